The topological polar surface area (TPSA) is 73.7 Å². The lowest BCUT2D eigenvalue weighted by Crippen LogP contribution is -2.39. The number of hydrogen-bond acceptors (Lipinski definition) is 4. The van der Waals surface area contributed by atoms with Crippen molar-refractivity contribution in [3.8, 4) is 0 Å². The van der Waals surface area contributed by atoms with Crippen molar-refractivity contribution in [2.45, 2.75) is 38.1 Å². The minimum atomic E-state index is -1.02. The third-order valence-electron chi connectivity index (χ3n) is 3.66. The number of nitrogens with zero attached hydrogens (tertiary/aromatic N) is 2. The van der Waals surface area contributed by atoms with Gasteiger partial charge < -0.3 is 15.1 Å². The Morgan fingerprint density at radius 1 is 1.32 bits per heavy atom. The molecule has 2 rings (SSSR count). The van der Waals surface area contributed by atoms with Crippen molar-refractivity contribution in [1.29, 1.82) is 0 Å². The van der Waals surface area contributed by atoms with Crippen LogP contribution in [-0.4, -0.2) is 40.4 Å². The number of aliphatic hydroxyl groups excluding tert-OH is 1. The van der Waals surface area contributed by atoms with Crippen LogP contribution in [0.4, 0.5) is 5.69 Å². The molecule has 0 radical (unpaired) electrons. The molecule has 1 aliphatic carbocycles. The fraction of sp³-hybridized carbons (Fsp3) is 0.571. The maximum absolute atomic E-state index is 10.8. The van der Waals surface area contributed by atoms with E-state index in [0.29, 0.717) is 12.6 Å². The second-order valence-electron chi connectivity index (χ2n) is 4.92. The molecule has 1 aromatic rings. The van der Waals surface area contributed by atoms with Gasteiger partial charge in [-0.15, -0.1) is 0 Å². The maximum Gasteiger partial charge on any atom is 0.354 e. The molecule has 0 unspecified atom stereocenters. The number of carboxylic acids is 1. The van der Waals surface area contributed by atoms with Gasteiger partial charge in [-0.2, -0.15) is 0 Å². The number of anilines is 1. The lowest BCUT2D eigenvalue weighted by Gasteiger charge is -2.35. The molecule has 19 heavy (non-hydrogen) atoms. The number of carbonyl (C=O) groups is 1. The minimum Gasteiger partial charge on any atom is -0.477 e. The molecular formula is C14H20N2O3. The molecule has 1 saturated carbocycles. The van der Waals surface area contributed by atoms with Crippen LogP contribution in [0.25, 0.3) is 0 Å². The lowest BCUT2D eigenvalue weighted by molar-refractivity contribution is 0.0690. The van der Waals surface area contributed by atoms with Crippen LogP contribution in [0.2, 0.25) is 0 Å². The van der Waals surface area contributed by atoms with Crippen molar-refractivity contribution in [3.05, 3.63) is 24.0 Å². The summed E-state index contributed by atoms with van der Waals surface area (Å²) in [5.41, 5.74) is 0.947. The molecule has 1 aromatic heterocycles. The number of aliphatic hydroxyl groups is 1. The van der Waals surface area contributed by atoms with E-state index < -0.39 is 5.97 Å². The summed E-state index contributed by atoms with van der Waals surface area (Å²) in [5.74, 6) is -1.02. The number of hydrogen-bond donors (Lipinski definition) is 2. The van der Waals surface area contributed by atoms with E-state index in [9.17, 15) is 9.90 Å². The standard InChI is InChI=1S/C14H20N2O3/c17-9-8-16(11-4-2-1-3-5-11)12-6-7-13(14(18)19)15-10-12/h6-7,10-11,17H,1-5,8-9H2,(H,18,19). The van der Waals surface area contributed by atoms with Crippen molar-refractivity contribution in [2.24, 2.45) is 0 Å². The Kier molecular flexibility index (Phi) is 4.74. The summed E-state index contributed by atoms with van der Waals surface area (Å²) in [5, 5.41) is 18.1. The monoisotopic (exact) mass is 264 g/mol. The summed E-state index contributed by atoms with van der Waals surface area (Å²) in [7, 11) is 0. The summed E-state index contributed by atoms with van der Waals surface area (Å²) in [4.78, 5) is 16.9. The van der Waals surface area contributed by atoms with E-state index in [2.05, 4.69) is 9.88 Å². The predicted octanol–water partition coefficient (Wildman–Crippen LogP) is 1.91. The molecule has 1 fully saturated rings. The van der Waals surface area contributed by atoms with E-state index in [1.54, 1.807) is 12.3 Å². The molecule has 0 atom stereocenters. The van der Waals surface area contributed by atoms with E-state index in [4.69, 9.17) is 5.11 Å². The minimum absolute atomic E-state index is 0.0522. The van der Waals surface area contributed by atoms with Crippen molar-refractivity contribution >= 4 is 11.7 Å². The normalized spacial score (nSPS) is 16.3. The number of pyridine rings is 1. The first kappa shape index (κ1) is 13.8. The fourth-order valence-corrected chi connectivity index (χ4v) is 2.71. The van der Waals surface area contributed by atoms with Gasteiger partial charge in [0.1, 0.15) is 5.69 Å². The van der Waals surface area contributed by atoms with Gasteiger partial charge >= 0.3 is 5.97 Å². The number of aromatic carboxylic acids is 1. The predicted molar refractivity (Wildman–Crippen MR) is 72.5 cm³/mol. The lowest BCUT2D eigenvalue weighted by atomic mass is 9.94. The third-order valence-corrected chi connectivity index (χ3v) is 3.66. The van der Waals surface area contributed by atoms with Crippen molar-refractivity contribution in [1.82, 2.24) is 4.98 Å². The van der Waals surface area contributed by atoms with Gasteiger partial charge in [0.25, 0.3) is 0 Å². The summed E-state index contributed by atoms with van der Waals surface area (Å²) in [6.07, 6.45) is 7.55. The molecule has 5 nitrogen and oxygen atoms in total. The highest BCUT2D eigenvalue weighted by molar-refractivity contribution is 5.85. The zero-order chi connectivity index (χ0) is 13.7. The summed E-state index contributed by atoms with van der Waals surface area (Å²) < 4.78 is 0. The molecule has 0 amide bonds. The van der Waals surface area contributed by atoms with E-state index in [1.807, 2.05) is 0 Å². The number of rotatable bonds is 5. The molecule has 0 bridgehead atoms. The Hall–Kier alpha value is -1.62. The molecule has 104 valence electrons. The fourth-order valence-electron chi connectivity index (χ4n) is 2.71. The molecule has 5 heteroatoms. The van der Waals surface area contributed by atoms with Crippen LogP contribution in [0.5, 0.6) is 0 Å². The van der Waals surface area contributed by atoms with Gasteiger partial charge in [-0.3, -0.25) is 0 Å². The van der Waals surface area contributed by atoms with Gasteiger partial charge in [-0.05, 0) is 25.0 Å². The van der Waals surface area contributed by atoms with E-state index in [1.165, 1.54) is 25.3 Å². The van der Waals surface area contributed by atoms with Crippen LogP contribution in [0.1, 0.15) is 42.6 Å². The Balaban J connectivity index is 2.15. The number of aromatic nitrogens is 1. The highest BCUT2D eigenvalue weighted by Crippen LogP contribution is 2.26. The number of carboxylic acid groups (broad SMARTS) is 1. The van der Waals surface area contributed by atoms with Crippen molar-refractivity contribution in [3.63, 3.8) is 0 Å². The summed E-state index contributed by atoms with van der Waals surface area (Å²) >= 11 is 0. The van der Waals surface area contributed by atoms with Crippen LogP contribution in [0, 0.1) is 0 Å². The average Bonchev–Trinajstić information content (AvgIpc) is 2.46. The Morgan fingerprint density at radius 3 is 2.58 bits per heavy atom. The SMILES string of the molecule is O=C(O)c1ccc(N(CCO)C2CCCCC2)cn1. The van der Waals surface area contributed by atoms with Gasteiger partial charge in [0.2, 0.25) is 0 Å². The highest BCUT2D eigenvalue weighted by atomic mass is 16.4. The quantitative estimate of drug-likeness (QED) is 0.849. The van der Waals surface area contributed by atoms with Gasteiger partial charge in [0.15, 0.2) is 0 Å². The molecular weight excluding hydrogens is 244 g/mol. The molecule has 0 aromatic carbocycles. The van der Waals surface area contributed by atoms with Gasteiger partial charge in [-0.1, -0.05) is 19.3 Å². The molecule has 0 spiro atoms. The highest BCUT2D eigenvalue weighted by Gasteiger charge is 2.21. The molecule has 0 saturated heterocycles. The largest absolute Gasteiger partial charge is 0.477 e. The van der Waals surface area contributed by atoms with Crippen LogP contribution < -0.4 is 4.90 Å². The van der Waals surface area contributed by atoms with Gasteiger partial charge in [0, 0.05) is 12.6 Å². The van der Waals surface area contributed by atoms with Gasteiger partial charge in [0.05, 0.1) is 18.5 Å². The van der Waals surface area contributed by atoms with Crippen molar-refractivity contribution < 1.29 is 15.0 Å². The van der Waals surface area contributed by atoms with Crippen LogP contribution in [-0.2, 0) is 0 Å². The molecule has 1 aliphatic rings. The Labute approximate surface area is 112 Å². The van der Waals surface area contributed by atoms with Gasteiger partial charge in [-0.25, -0.2) is 9.78 Å². The average molecular weight is 264 g/mol. The van der Waals surface area contributed by atoms with E-state index in [-0.39, 0.29) is 12.3 Å². The second-order valence-corrected chi connectivity index (χ2v) is 4.92. The third kappa shape index (κ3) is 3.44. The zero-order valence-electron chi connectivity index (χ0n) is 11.0. The van der Waals surface area contributed by atoms with Crippen molar-refractivity contribution in [2.75, 3.05) is 18.1 Å². The van der Waals surface area contributed by atoms with Crippen LogP contribution in [0.3, 0.4) is 0 Å². The van der Waals surface area contributed by atoms with E-state index >= 15 is 0 Å². The molecule has 0 aliphatic heterocycles. The Bertz CT molecular complexity index is 413. The smallest absolute Gasteiger partial charge is 0.354 e. The van der Waals surface area contributed by atoms with Crippen LogP contribution in [0.15, 0.2) is 18.3 Å². The second kappa shape index (κ2) is 6.52. The first-order valence-electron chi connectivity index (χ1n) is 6.79. The zero-order valence-corrected chi connectivity index (χ0v) is 11.0. The first-order chi connectivity index (χ1) is 9.22. The van der Waals surface area contributed by atoms with Crippen LogP contribution >= 0.6 is 0 Å². The molecule has 2 N–H and O–H groups in total. The van der Waals surface area contributed by atoms with E-state index in [0.717, 1.165) is 18.5 Å². The summed E-state index contributed by atoms with van der Waals surface area (Å²) in [6, 6.07) is 3.73. The summed E-state index contributed by atoms with van der Waals surface area (Å²) in [6.45, 7) is 0.663. The Morgan fingerprint density at radius 2 is 2.05 bits per heavy atom. The molecule has 1 heterocycles. The maximum atomic E-state index is 10.8. The first-order valence-corrected chi connectivity index (χ1v) is 6.79.